The van der Waals surface area contributed by atoms with E-state index < -0.39 is 30.4 Å². The standard InChI is InChI=1S/C21H25NO8/c1-6-29-13-7-8-14(15(9-13)30-10-16(23)24)19-17(20(25)27-4)11(2)22-12(3)18(19)21(26)28-5/h7-9,19,22H,6,10H2,1-5H3,(H,23,24). The van der Waals surface area contributed by atoms with Crippen molar-refractivity contribution in [3.8, 4) is 11.5 Å². The van der Waals surface area contributed by atoms with Gasteiger partial charge < -0.3 is 29.4 Å². The lowest BCUT2D eigenvalue weighted by Crippen LogP contribution is -2.32. The fourth-order valence-corrected chi connectivity index (χ4v) is 3.34. The molecule has 0 radical (unpaired) electrons. The highest BCUT2D eigenvalue weighted by molar-refractivity contribution is 6.00. The third-order valence-corrected chi connectivity index (χ3v) is 4.53. The molecule has 1 heterocycles. The van der Waals surface area contributed by atoms with Gasteiger partial charge >= 0.3 is 17.9 Å². The number of carboxylic acid groups (broad SMARTS) is 1. The Labute approximate surface area is 174 Å². The predicted molar refractivity (Wildman–Crippen MR) is 106 cm³/mol. The van der Waals surface area contributed by atoms with Gasteiger partial charge in [-0.3, -0.25) is 0 Å². The lowest BCUT2D eigenvalue weighted by Gasteiger charge is -2.31. The molecule has 1 aliphatic heterocycles. The van der Waals surface area contributed by atoms with E-state index in [1.54, 1.807) is 32.9 Å². The summed E-state index contributed by atoms with van der Waals surface area (Å²) >= 11 is 0. The van der Waals surface area contributed by atoms with Crippen LogP contribution in [0.3, 0.4) is 0 Å². The Kier molecular flexibility index (Phi) is 7.46. The van der Waals surface area contributed by atoms with Crippen molar-refractivity contribution < 1.29 is 38.4 Å². The molecule has 0 saturated heterocycles. The van der Waals surface area contributed by atoms with Crippen LogP contribution in [0.2, 0.25) is 0 Å². The van der Waals surface area contributed by atoms with Crippen LogP contribution in [0.1, 0.15) is 32.3 Å². The number of dihydropyridines is 1. The number of methoxy groups -OCH3 is 2. The van der Waals surface area contributed by atoms with E-state index in [4.69, 9.17) is 24.1 Å². The number of benzene rings is 1. The number of esters is 2. The molecule has 1 aliphatic rings. The normalized spacial score (nSPS) is 14.2. The molecule has 0 spiro atoms. The van der Waals surface area contributed by atoms with Crippen LogP contribution < -0.4 is 14.8 Å². The highest BCUT2D eigenvalue weighted by Crippen LogP contribution is 2.43. The Balaban J connectivity index is 2.74. The number of ether oxygens (including phenoxy) is 4. The predicted octanol–water partition coefficient (Wildman–Crippen LogP) is 2.13. The molecule has 0 saturated carbocycles. The van der Waals surface area contributed by atoms with Crippen LogP contribution in [-0.4, -0.2) is 50.4 Å². The number of aliphatic carboxylic acids is 1. The molecular weight excluding hydrogens is 394 g/mol. The third-order valence-electron chi connectivity index (χ3n) is 4.53. The van der Waals surface area contributed by atoms with E-state index in [0.29, 0.717) is 29.3 Å². The van der Waals surface area contributed by atoms with Gasteiger partial charge in [-0.25, -0.2) is 14.4 Å². The number of carboxylic acids is 1. The summed E-state index contributed by atoms with van der Waals surface area (Å²) in [6, 6.07) is 4.81. The number of carbonyl (C=O) groups excluding carboxylic acids is 2. The van der Waals surface area contributed by atoms with Gasteiger partial charge in [0.25, 0.3) is 0 Å². The van der Waals surface area contributed by atoms with Crippen molar-refractivity contribution in [2.45, 2.75) is 26.7 Å². The molecule has 0 amide bonds. The lowest BCUT2D eigenvalue weighted by atomic mass is 9.80. The van der Waals surface area contributed by atoms with Gasteiger partial charge in [0.2, 0.25) is 0 Å². The number of carbonyl (C=O) groups is 3. The van der Waals surface area contributed by atoms with E-state index in [2.05, 4.69) is 5.32 Å². The van der Waals surface area contributed by atoms with Crippen molar-refractivity contribution in [2.75, 3.05) is 27.4 Å². The Bertz CT molecular complexity index is 878. The van der Waals surface area contributed by atoms with Gasteiger partial charge in [0.1, 0.15) is 11.5 Å². The molecule has 2 rings (SSSR count). The van der Waals surface area contributed by atoms with Crippen molar-refractivity contribution in [3.63, 3.8) is 0 Å². The second kappa shape index (κ2) is 9.82. The summed E-state index contributed by atoms with van der Waals surface area (Å²) in [5, 5.41) is 12.1. The topological polar surface area (TPSA) is 120 Å². The Hall–Kier alpha value is -3.49. The second-order valence-electron chi connectivity index (χ2n) is 6.43. The van der Waals surface area contributed by atoms with Crippen LogP contribution in [0.4, 0.5) is 0 Å². The van der Waals surface area contributed by atoms with Crippen molar-refractivity contribution in [1.29, 1.82) is 0 Å². The monoisotopic (exact) mass is 419 g/mol. The minimum Gasteiger partial charge on any atom is -0.494 e. The quantitative estimate of drug-likeness (QED) is 0.610. The van der Waals surface area contributed by atoms with Crippen LogP contribution in [0.5, 0.6) is 11.5 Å². The SMILES string of the molecule is CCOc1ccc(C2C(C(=O)OC)=C(C)NC(C)=C2C(=O)OC)c(OCC(=O)O)c1. The van der Waals surface area contributed by atoms with E-state index in [0.717, 1.165) is 0 Å². The molecule has 30 heavy (non-hydrogen) atoms. The first-order chi connectivity index (χ1) is 14.2. The van der Waals surface area contributed by atoms with Gasteiger partial charge in [0, 0.05) is 23.0 Å². The lowest BCUT2D eigenvalue weighted by molar-refractivity contribution is -0.140. The number of allylic oxidation sites excluding steroid dienone is 2. The molecule has 1 aromatic carbocycles. The van der Waals surface area contributed by atoms with Crippen molar-refractivity contribution in [2.24, 2.45) is 0 Å². The minimum atomic E-state index is -1.17. The molecule has 2 N–H and O–H groups in total. The Morgan fingerprint density at radius 3 is 2.03 bits per heavy atom. The van der Waals surface area contributed by atoms with Gasteiger partial charge in [-0.1, -0.05) is 6.07 Å². The highest BCUT2D eigenvalue weighted by atomic mass is 16.5. The maximum atomic E-state index is 12.6. The highest BCUT2D eigenvalue weighted by Gasteiger charge is 2.39. The van der Waals surface area contributed by atoms with Crippen molar-refractivity contribution >= 4 is 17.9 Å². The molecule has 162 valence electrons. The molecule has 0 aliphatic carbocycles. The maximum Gasteiger partial charge on any atom is 0.341 e. The van der Waals surface area contributed by atoms with Crippen LogP contribution in [-0.2, 0) is 23.9 Å². The molecule has 0 aromatic heterocycles. The molecule has 1 aromatic rings. The van der Waals surface area contributed by atoms with E-state index in [1.807, 2.05) is 0 Å². The zero-order chi connectivity index (χ0) is 22.4. The third kappa shape index (κ3) is 4.73. The van der Waals surface area contributed by atoms with Crippen LogP contribution in [0.15, 0.2) is 40.7 Å². The average Bonchev–Trinajstić information content (AvgIpc) is 2.71. The van der Waals surface area contributed by atoms with Crippen LogP contribution >= 0.6 is 0 Å². The fraction of sp³-hybridized carbons (Fsp3) is 0.381. The summed E-state index contributed by atoms with van der Waals surface area (Å²) in [5.74, 6) is -2.73. The van der Waals surface area contributed by atoms with Gasteiger partial charge in [-0.2, -0.15) is 0 Å². The first-order valence-electron chi connectivity index (χ1n) is 9.21. The zero-order valence-corrected chi connectivity index (χ0v) is 17.5. The zero-order valence-electron chi connectivity index (χ0n) is 17.5. The number of hydrogen-bond donors (Lipinski definition) is 2. The Morgan fingerprint density at radius 1 is 1.00 bits per heavy atom. The summed E-state index contributed by atoms with van der Waals surface area (Å²) in [6.45, 7) is 4.96. The van der Waals surface area contributed by atoms with Gasteiger partial charge in [-0.05, 0) is 26.8 Å². The van der Waals surface area contributed by atoms with Gasteiger partial charge in [0.05, 0.1) is 37.9 Å². The second-order valence-corrected chi connectivity index (χ2v) is 6.43. The van der Waals surface area contributed by atoms with Crippen molar-refractivity contribution in [1.82, 2.24) is 5.32 Å². The van der Waals surface area contributed by atoms with E-state index in [9.17, 15) is 14.4 Å². The van der Waals surface area contributed by atoms with Crippen LogP contribution in [0.25, 0.3) is 0 Å². The molecule has 0 bridgehead atoms. The Morgan fingerprint density at radius 2 is 1.57 bits per heavy atom. The summed E-state index contributed by atoms with van der Waals surface area (Å²) in [5.41, 5.74) is 1.77. The molecule has 9 nitrogen and oxygen atoms in total. The number of hydrogen-bond acceptors (Lipinski definition) is 8. The summed E-state index contributed by atoms with van der Waals surface area (Å²) in [7, 11) is 2.48. The fourth-order valence-electron chi connectivity index (χ4n) is 3.34. The van der Waals surface area contributed by atoms with E-state index >= 15 is 0 Å². The van der Waals surface area contributed by atoms with E-state index in [-0.39, 0.29) is 16.9 Å². The van der Waals surface area contributed by atoms with Crippen molar-refractivity contribution in [3.05, 3.63) is 46.3 Å². The molecule has 9 heteroatoms. The first kappa shape index (κ1) is 22.8. The molecule has 0 fully saturated rings. The summed E-state index contributed by atoms with van der Waals surface area (Å²) in [6.07, 6.45) is 0. The molecule has 0 atom stereocenters. The molecular formula is C21H25NO8. The number of rotatable bonds is 8. The smallest absolute Gasteiger partial charge is 0.341 e. The minimum absolute atomic E-state index is 0.165. The van der Waals surface area contributed by atoms with Crippen LogP contribution in [0, 0.1) is 0 Å². The molecule has 0 unspecified atom stereocenters. The number of nitrogens with one attached hydrogen (secondary N) is 1. The summed E-state index contributed by atoms with van der Waals surface area (Å²) < 4.78 is 20.8. The summed E-state index contributed by atoms with van der Waals surface area (Å²) in [4.78, 5) is 36.3. The van der Waals surface area contributed by atoms with Gasteiger partial charge in [0.15, 0.2) is 6.61 Å². The first-order valence-corrected chi connectivity index (χ1v) is 9.21. The average molecular weight is 419 g/mol. The largest absolute Gasteiger partial charge is 0.494 e. The van der Waals surface area contributed by atoms with Gasteiger partial charge in [-0.15, -0.1) is 0 Å². The maximum absolute atomic E-state index is 12.6. The van der Waals surface area contributed by atoms with E-state index in [1.165, 1.54) is 20.3 Å².